The Morgan fingerprint density at radius 3 is 2.55 bits per heavy atom. The van der Waals surface area contributed by atoms with E-state index in [1.54, 1.807) is 6.20 Å². The molecule has 1 heterocycles. The van der Waals surface area contributed by atoms with Crippen molar-refractivity contribution in [2.75, 3.05) is 0 Å². The van der Waals surface area contributed by atoms with Crippen molar-refractivity contribution in [3.05, 3.63) is 23.0 Å². The zero-order chi connectivity index (χ0) is 8.43. The predicted octanol–water partition coefficient (Wildman–Crippen LogP) is 1.97. The van der Waals surface area contributed by atoms with Gasteiger partial charge in [-0.05, 0) is 31.4 Å². The molecule has 11 heavy (non-hydrogen) atoms. The lowest BCUT2D eigenvalue weighted by molar-refractivity contribution is 0.460. The van der Waals surface area contributed by atoms with Gasteiger partial charge in [-0.1, -0.05) is 6.92 Å². The van der Waals surface area contributed by atoms with Crippen LogP contribution < -0.4 is 0 Å². The van der Waals surface area contributed by atoms with E-state index in [0.29, 0.717) is 11.4 Å². The Bertz CT molecular complexity index is 269. The van der Waals surface area contributed by atoms with Gasteiger partial charge in [0.15, 0.2) is 0 Å². The summed E-state index contributed by atoms with van der Waals surface area (Å²) in [5.74, 6) is 0.354. The van der Waals surface area contributed by atoms with Crippen LogP contribution in [0.3, 0.4) is 0 Å². The number of hydrogen-bond acceptors (Lipinski definition) is 2. The minimum atomic E-state index is 0.354. The predicted molar refractivity (Wildman–Crippen MR) is 44.8 cm³/mol. The summed E-state index contributed by atoms with van der Waals surface area (Å²) in [6.45, 7) is 5.81. The van der Waals surface area contributed by atoms with Crippen LogP contribution in [0.15, 0.2) is 6.20 Å². The van der Waals surface area contributed by atoms with Gasteiger partial charge < -0.3 is 5.11 Å². The molecule has 0 bridgehead atoms. The molecule has 2 nitrogen and oxygen atoms in total. The fourth-order valence-electron chi connectivity index (χ4n) is 1.18. The third kappa shape index (κ3) is 1.34. The van der Waals surface area contributed by atoms with E-state index in [1.807, 2.05) is 20.8 Å². The van der Waals surface area contributed by atoms with Crippen molar-refractivity contribution in [2.45, 2.75) is 27.2 Å². The van der Waals surface area contributed by atoms with Gasteiger partial charge in [-0.15, -0.1) is 0 Å². The molecule has 0 unspecified atom stereocenters. The molecule has 2 heteroatoms. The molecule has 1 rings (SSSR count). The number of rotatable bonds is 1. The van der Waals surface area contributed by atoms with Crippen molar-refractivity contribution < 1.29 is 5.11 Å². The largest absolute Gasteiger partial charge is 0.506 e. The van der Waals surface area contributed by atoms with Gasteiger partial charge in [0.25, 0.3) is 0 Å². The number of nitrogens with zero attached hydrogens (tertiary/aromatic N) is 1. The molecule has 0 amide bonds. The van der Waals surface area contributed by atoms with Crippen molar-refractivity contribution in [1.29, 1.82) is 0 Å². The third-order valence-electron chi connectivity index (χ3n) is 1.91. The molecule has 0 aliphatic rings. The highest BCUT2D eigenvalue weighted by atomic mass is 16.3. The number of aromatic hydroxyl groups is 1. The lowest BCUT2D eigenvalue weighted by Crippen LogP contribution is -1.92. The molecular weight excluding hydrogens is 138 g/mol. The number of aryl methyl sites for hydroxylation is 2. The van der Waals surface area contributed by atoms with Crippen molar-refractivity contribution in [1.82, 2.24) is 4.98 Å². The van der Waals surface area contributed by atoms with Gasteiger partial charge in [-0.3, -0.25) is 4.98 Å². The summed E-state index contributed by atoms with van der Waals surface area (Å²) < 4.78 is 0. The minimum Gasteiger partial charge on any atom is -0.506 e. The first kappa shape index (κ1) is 8.05. The molecular formula is C9H13NO. The monoisotopic (exact) mass is 151 g/mol. The summed E-state index contributed by atoms with van der Waals surface area (Å²) in [7, 11) is 0. The first-order valence-electron chi connectivity index (χ1n) is 3.80. The van der Waals surface area contributed by atoms with E-state index < -0.39 is 0 Å². The van der Waals surface area contributed by atoms with E-state index in [1.165, 1.54) is 0 Å². The van der Waals surface area contributed by atoms with Gasteiger partial charge in [-0.25, -0.2) is 0 Å². The van der Waals surface area contributed by atoms with Crippen molar-refractivity contribution in [3.8, 4) is 5.75 Å². The van der Waals surface area contributed by atoms with Gasteiger partial charge in [0.2, 0.25) is 0 Å². The first-order valence-corrected chi connectivity index (χ1v) is 3.80. The van der Waals surface area contributed by atoms with Crippen LogP contribution in [-0.2, 0) is 6.42 Å². The zero-order valence-electron chi connectivity index (χ0n) is 7.18. The van der Waals surface area contributed by atoms with E-state index in [0.717, 1.165) is 17.5 Å². The number of pyridine rings is 1. The van der Waals surface area contributed by atoms with Gasteiger partial charge >= 0.3 is 0 Å². The number of aromatic nitrogens is 1. The molecule has 0 aromatic carbocycles. The molecule has 0 radical (unpaired) electrons. The maximum absolute atomic E-state index is 9.52. The van der Waals surface area contributed by atoms with Crippen LogP contribution in [0.1, 0.15) is 23.7 Å². The normalized spacial score (nSPS) is 10.1. The molecule has 0 aliphatic heterocycles. The molecule has 0 saturated carbocycles. The van der Waals surface area contributed by atoms with Crippen LogP contribution in [0.5, 0.6) is 5.75 Å². The Labute approximate surface area is 66.9 Å². The number of hydrogen-bond donors (Lipinski definition) is 1. The molecule has 0 atom stereocenters. The molecule has 60 valence electrons. The van der Waals surface area contributed by atoms with E-state index in [-0.39, 0.29) is 0 Å². The second kappa shape index (κ2) is 2.91. The van der Waals surface area contributed by atoms with Crippen LogP contribution >= 0.6 is 0 Å². The van der Waals surface area contributed by atoms with Crippen LogP contribution in [0.2, 0.25) is 0 Å². The lowest BCUT2D eigenvalue weighted by Gasteiger charge is -2.06. The molecule has 0 fully saturated rings. The van der Waals surface area contributed by atoms with Gasteiger partial charge in [0, 0.05) is 6.20 Å². The summed E-state index contributed by atoms with van der Waals surface area (Å²) in [5.41, 5.74) is 2.79. The van der Waals surface area contributed by atoms with E-state index in [4.69, 9.17) is 0 Å². The minimum absolute atomic E-state index is 0.354. The van der Waals surface area contributed by atoms with Gasteiger partial charge in [-0.2, -0.15) is 0 Å². The van der Waals surface area contributed by atoms with E-state index in [2.05, 4.69) is 4.98 Å². The molecule has 0 spiro atoms. The highest BCUT2D eigenvalue weighted by Gasteiger charge is 2.05. The summed E-state index contributed by atoms with van der Waals surface area (Å²) in [4.78, 5) is 4.04. The summed E-state index contributed by atoms with van der Waals surface area (Å²) >= 11 is 0. The molecule has 1 aromatic rings. The molecule has 0 aliphatic carbocycles. The Hall–Kier alpha value is -1.05. The van der Waals surface area contributed by atoms with Crippen LogP contribution in [0, 0.1) is 13.8 Å². The summed E-state index contributed by atoms with van der Waals surface area (Å²) in [6, 6.07) is 0. The van der Waals surface area contributed by atoms with Crippen molar-refractivity contribution in [3.63, 3.8) is 0 Å². The summed E-state index contributed by atoms with van der Waals surface area (Å²) in [6.07, 6.45) is 2.66. The molecule has 1 N–H and O–H groups in total. The summed E-state index contributed by atoms with van der Waals surface area (Å²) in [5, 5.41) is 9.52. The third-order valence-corrected chi connectivity index (χ3v) is 1.91. The fraction of sp³-hybridized carbons (Fsp3) is 0.444. The van der Waals surface area contributed by atoms with Crippen molar-refractivity contribution in [2.24, 2.45) is 0 Å². The second-order valence-corrected chi connectivity index (χ2v) is 2.71. The maximum Gasteiger partial charge on any atom is 0.140 e. The fourth-order valence-corrected chi connectivity index (χ4v) is 1.18. The Morgan fingerprint density at radius 2 is 2.09 bits per heavy atom. The van der Waals surface area contributed by atoms with Gasteiger partial charge in [0.05, 0.1) is 5.69 Å². The van der Waals surface area contributed by atoms with Gasteiger partial charge in [0.1, 0.15) is 5.75 Å². The molecule has 1 aromatic heterocycles. The molecule has 0 saturated heterocycles. The zero-order valence-corrected chi connectivity index (χ0v) is 7.18. The van der Waals surface area contributed by atoms with Crippen LogP contribution in [-0.4, -0.2) is 10.1 Å². The average molecular weight is 151 g/mol. The standard InChI is InChI=1S/C9H13NO/c1-4-8-6(2)5-10-7(3)9(8)11/h5,11H,4H2,1-3H3. The highest BCUT2D eigenvalue weighted by Crippen LogP contribution is 2.22. The quantitative estimate of drug-likeness (QED) is 0.665. The van der Waals surface area contributed by atoms with E-state index >= 15 is 0 Å². The highest BCUT2D eigenvalue weighted by molar-refractivity contribution is 5.39. The van der Waals surface area contributed by atoms with Crippen LogP contribution in [0.4, 0.5) is 0 Å². The maximum atomic E-state index is 9.52. The lowest BCUT2D eigenvalue weighted by atomic mass is 10.1. The average Bonchev–Trinajstić information content (AvgIpc) is 1.99. The SMILES string of the molecule is CCc1c(C)cnc(C)c1O. The smallest absolute Gasteiger partial charge is 0.140 e. The second-order valence-electron chi connectivity index (χ2n) is 2.71. The van der Waals surface area contributed by atoms with E-state index in [9.17, 15) is 5.11 Å². The Balaban J connectivity index is 3.29. The Morgan fingerprint density at radius 1 is 1.45 bits per heavy atom. The first-order chi connectivity index (χ1) is 5.16. The van der Waals surface area contributed by atoms with Crippen LogP contribution in [0.25, 0.3) is 0 Å². The Kier molecular flexibility index (Phi) is 2.13. The topological polar surface area (TPSA) is 33.1 Å². The van der Waals surface area contributed by atoms with Crippen molar-refractivity contribution >= 4 is 0 Å².